The molecule has 122 valence electrons. The number of hydrogen-bond acceptors (Lipinski definition) is 3. The van der Waals surface area contributed by atoms with E-state index in [-0.39, 0.29) is 16.4 Å². The fourth-order valence-electron chi connectivity index (χ4n) is 2.12. The average Bonchev–Trinajstić information content (AvgIpc) is 3.08. The molecule has 1 aromatic heterocycles. The van der Waals surface area contributed by atoms with Gasteiger partial charge in [-0.3, -0.25) is 9.36 Å². The molecule has 1 heterocycles. The number of carbonyl (C=O) groups is 1. The van der Waals surface area contributed by atoms with Crippen molar-refractivity contribution in [1.29, 1.82) is 0 Å². The summed E-state index contributed by atoms with van der Waals surface area (Å²) in [6.07, 6.45) is 3.54. The lowest BCUT2D eigenvalue weighted by atomic mass is 10.1. The third-order valence-corrected chi connectivity index (χ3v) is 3.83. The third-order valence-electron chi connectivity index (χ3n) is 3.28. The normalized spacial score (nSPS) is 12.0. The van der Waals surface area contributed by atoms with Crippen LogP contribution in [-0.4, -0.2) is 15.3 Å². The van der Waals surface area contributed by atoms with Gasteiger partial charge in [0, 0.05) is 23.0 Å². The van der Waals surface area contributed by atoms with Gasteiger partial charge in [-0.05, 0) is 42.5 Å². The van der Waals surface area contributed by atoms with Crippen LogP contribution >= 0.6 is 23.2 Å². The molecular formula is C17H11Cl2FN2O2. The van der Waals surface area contributed by atoms with Crippen molar-refractivity contribution in [2.24, 2.45) is 0 Å². The quantitative estimate of drug-likeness (QED) is 0.611. The molecule has 0 bridgehead atoms. The van der Waals surface area contributed by atoms with Gasteiger partial charge in [0.25, 0.3) is 0 Å². The first-order valence-corrected chi connectivity index (χ1v) is 7.69. The van der Waals surface area contributed by atoms with Crippen molar-refractivity contribution in [2.75, 3.05) is 0 Å². The van der Waals surface area contributed by atoms with Crippen molar-refractivity contribution in [3.05, 3.63) is 82.6 Å². The van der Waals surface area contributed by atoms with E-state index in [0.717, 1.165) is 0 Å². The molecule has 1 unspecified atom stereocenters. The van der Waals surface area contributed by atoms with Crippen LogP contribution in [0.5, 0.6) is 5.75 Å². The monoisotopic (exact) mass is 364 g/mol. The van der Waals surface area contributed by atoms with E-state index in [9.17, 15) is 9.18 Å². The highest BCUT2D eigenvalue weighted by Crippen LogP contribution is 2.27. The Labute approximate surface area is 147 Å². The van der Waals surface area contributed by atoms with Crippen molar-refractivity contribution < 1.29 is 13.9 Å². The van der Waals surface area contributed by atoms with E-state index in [4.69, 9.17) is 27.9 Å². The van der Waals surface area contributed by atoms with Crippen LogP contribution in [0, 0.1) is 5.82 Å². The molecule has 4 nitrogen and oxygen atoms in total. The zero-order chi connectivity index (χ0) is 17.1. The molecule has 0 amide bonds. The van der Waals surface area contributed by atoms with E-state index >= 15 is 0 Å². The molecular weight excluding hydrogens is 354 g/mol. The summed E-state index contributed by atoms with van der Waals surface area (Å²) in [7, 11) is 0. The predicted octanol–water partition coefficient (Wildman–Crippen LogP) is 4.79. The highest BCUT2D eigenvalue weighted by Gasteiger charge is 2.25. The van der Waals surface area contributed by atoms with Gasteiger partial charge in [-0.25, -0.2) is 9.37 Å². The number of carbonyl (C=O) groups excluding carboxylic acids is 1. The van der Waals surface area contributed by atoms with Gasteiger partial charge in [0.1, 0.15) is 11.6 Å². The van der Waals surface area contributed by atoms with Crippen LogP contribution in [0.4, 0.5) is 4.39 Å². The van der Waals surface area contributed by atoms with Gasteiger partial charge in [-0.1, -0.05) is 23.2 Å². The fourth-order valence-corrected chi connectivity index (χ4v) is 2.62. The largest absolute Gasteiger partial charge is 0.462 e. The predicted molar refractivity (Wildman–Crippen MR) is 89.1 cm³/mol. The molecule has 7 heteroatoms. The highest BCUT2D eigenvalue weighted by atomic mass is 35.5. The number of rotatable bonds is 5. The molecule has 0 radical (unpaired) electrons. The molecule has 0 N–H and O–H groups in total. The SMILES string of the molecule is O=C(c1ccc(Cl)cc1Cl)C(Oc1ccc(F)cc1)n1ccnc1. The molecule has 3 aromatic rings. The number of aromatic nitrogens is 2. The molecule has 0 saturated heterocycles. The summed E-state index contributed by atoms with van der Waals surface area (Å²) >= 11 is 12.0. The Hall–Kier alpha value is -2.37. The van der Waals surface area contributed by atoms with Gasteiger partial charge in [0.2, 0.25) is 12.0 Å². The molecule has 1 atom stereocenters. The minimum Gasteiger partial charge on any atom is -0.462 e. The van der Waals surface area contributed by atoms with Crippen molar-refractivity contribution in [3.8, 4) is 5.75 Å². The maximum atomic E-state index is 13.0. The second-order valence-electron chi connectivity index (χ2n) is 4.92. The summed E-state index contributed by atoms with van der Waals surface area (Å²) in [4.78, 5) is 16.8. The first-order valence-electron chi connectivity index (χ1n) is 6.93. The van der Waals surface area contributed by atoms with Crippen molar-refractivity contribution in [1.82, 2.24) is 9.55 Å². The van der Waals surface area contributed by atoms with E-state index in [1.165, 1.54) is 53.5 Å². The van der Waals surface area contributed by atoms with E-state index in [1.807, 2.05) is 0 Å². The third kappa shape index (κ3) is 3.58. The Balaban J connectivity index is 1.95. The summed E-state index contributed by atoms with van der Waals surface area (Å²) in [5.41, 5.74) is 0.266. The van der Waals surface area contributed by atoms with Crippen molar-refractivity contribution >= 4 is 29.0 Å². The molecule has 0 saturated carbocycles. The molecule has 2 aromatic carbocycles. The van der Waals surface area contributed by atoms with Crippen LogP contribution in [0.3, 0.4) is 0 Å². The van der Waals surface area contributed by atoms with Gasteiger partial charge in [-0.2, -0.15) is 0 Å². The Bertz CT molecular complexity index is 852. The van der Waals surface area contributed by atoms with Gasteiger partial charge in [0.05, 0.1) is 11.3 Å². The number of nitrogens with zero attached hydrogens (tertiary/aromatic N) is 2. The molecule has 0 aliphatic rings. The first kappa shape index (κ1) is 16.5. The number of Topliss-reactive ketones (excluding diaryl/α,β-unsaturated/α-hetero) is 1. The smallest absolute Gasteiger partial charge is 0.241 e. The Morgan fingerprint density at radius 2 is 1.92 bits per heavy atom. The molecule has 0 aliphatic heterocycles. The summed E-state index contributed by atoms with van der Waals surface area (Å²) in [5, 5.41) is 0.649. The number of ketones is 1. The summed E-state index contributed by atoms with van der Waals surface area (Å²) < 4.78 is 20.3. The van der Waals surface area contributed by atoms with Gasteiger partial charge < -0.3 is 4.74 Å². The molecule has 24 heavy (non-hydrogen) atoms. The molecule has 0 fully saturated rings. The highest BCUT2D eigenvalue weighted by molar-refractivity contribution is 6.36. The van der Waals surface area contributed by atoms with Crippen LogP contribution in [0.15, 0.2) is 61.2 Å². The summed E-state index contributed by atoms with van der Waals surface area (Å²) in [5.74, 6) is -0.430. The van der Waals surface area contributed by atoms with Crippen LogP contribution in [0.1, 0.15) is 16.6 Å². The molecule has 3 rings (SSSR count). The number of imidazole rings is 1. The van der Waals surface area contributed by atoms with Gasteiger partial charge >= 0.3 is 0 Å². The molecule has 0 aliphatic carbocycles. The number of benzene rings is 2. The van der Waals surface area contributed by atoms with Crippen LogP contribution in [0.25, 0.3) is 0 Å². The van der Waals surface area contributed by atoms with Crippen molar-refractivity contribution in [3.63, 3.8) is 0 Å². The van der Waals surface area contributed by atoms with Crippen molar-refractivity contribution in [2.45, 2.75) is 6.23 Å². The standard InChI is InChI=1S/C17H11Cl2FN2O2/c18-11-1-6-14(15(19)9-11)16(23)17(22-8-7-21-10-22)24-13-4-2-12(20)3-5-13/h1-10,17H. The fraction of sp³-hybridized carbons (Fsp3) is 0.0588. The maximum Gasteiger partial charge on any atom is 0.241 e. The second kappa shape index (κ2) is 7.03. The lowest BCUT2D eigenvalue weighted by Gasteiger charge is -2.19. The lowest BCUT2D eigenvalue weighted by molar-refractivity contribution is 0.0653. The summed E-state index contributed by atoms with van der Waals surface area (Å²) in [6, 6.07) is 9.97. The Morgan fingerprint density at radius 3 is 2.54 bits per heavy atom. The van der Waals surface area contributed by atoms with Gasteiger partial charge in [-0.15, -0.1) is 0 Å². The van der Waals surface area contributed by atoms with Gasteiger partial charge in [0.15, 0.2) is 0 Å². The van der Waals surface area contributed by atoms with E-state index in [0.29, 0.717) is 10.8 Å². The zero-order valence-electron chi connectivity index (χ0n) is 12.2. The van der Waals surface area contributed by atoms with Crippen LogP contribution in [0.2, 0.25) is 10.0 Å². The summed E-state index contributed by atoms with van der Waals surface area (Å²) in [6.45, 7) is 0. The topological polar surface area (TPSA) is 44.1 Å². The Kier molecular flexibility index (Phi) is 4.83. The van der Waals surface area contributed by atoms with Crippen LogP contribution in [-0.2, 0) is 0 Å². The number of halogens is 3. The van der Waals surface area contributed by atoms with Crippen LogP contribution < -0.4 is 4.74 Å². The Morgan fingerprint density at radius 1 is 1.17 bits per heavy atom. The van der Waals surface area contributed by atoms with E-state index in [2.05, 4.69) is 4.98 Å². The number of hydrogen-bond donors (Lipinski definition) is 0. The lowest BCUT2D eigenvalue weighted by Crippen LogP contribution is -2.24. The zero-order valence-corrected chi connectivity index (χ0v) is 13.7. The maximum absolute atomic E-state index is 13.0. The van der Waals surface area contributed by atoms with E-state index in [1.54, 1.807) is 12.3 Å². The minimum absolute atomic E-state index is 0.223. The minimum atomic E-state index is -1.03. The number of ether oxygens (including phenoxy) is 1. The first-order chi connectivity index (χ1) is 11.5. The average molecular weight is 365 g/mol. The van der Waals surface area contributed by atoms with E-state index < -0.39 is 12.0 Å². The molecule has 0 spiro atoms. The second-order valence-corrected chi connectivity index (χ2v) is 5.77.